The molecule has 2 aliphatic rings. The van der Waals surface area contributed by atoms with E-state index in [-0.39, 0.29) is 21.7 Å². The summed E-state index contributed by atoms with van der Waals surface area (Å²) in [7, 11) is 0. The molecule has 2 aliphatic heterocycles. The number of nitrogens with one attached hydrogen (secondary N) is 2. The number of fused-ring (bicyclic) bond motifs is 17. The maximum atomic E-state index is 5.55. The first-order chi connectivity index (χ1) is 26.2. The van der Waals surface area contributed by atoms with Gasteiger partial charge in [0, 0.05) is 5.39 Å². The fourth-order valence-corrected chi connectivity index (χ4v) is 9.52. The Hall–Kier alpha value is -5.01. The average molecular weight is 792 g/mol. The van der Waals surface area contributed by atoms with Crippen molar-refractivity contribution in [2.45, 2.75) is 88.5 Å². The third-order valence-electron chi connectivity index (χ3n) is 10.7. The van der Waals surface area contributed by atoms with Gasteiger partial charge in [-0.15, -0.1) is 0 Å². The predicted octanol–water partition coefficient (Wildman–Crippen LogP) is 11.6. The second-order valence-corrected chi connectivity index (χ2v) is 20.7. The van der Waals surface area contributed by atoms with Gasteiger partial charge in [0.15, 0.2) is 0 Å². The predicted molar refractivity (Wildman–Crippen MR) is 228 cm³/mol. The summed E-state index contributed by atoms with van der Waals surface area (Å²) in [5.74, 6) is 2.43. The molecule has 0 spiro atoms. The standard InChI is InChI=1S/C47H50N8.Zn/c1-44(2,3)25-33(46(7,8)9)36(47(10,11)12)31-24-34-48-37-26-18-13-14-19-27(26)38(50-37)51-39-28-20-15-16-21-29(28)40(52-39)53-41-30-22-17-23-32(45(4,5)6)35(30)43(54-41)55-42(31)49-34;/h13-24H,1-12H3,(H2,48,49,50,51,52,53,54,55);/b36-33-;. The van der Waals surface area contributed by atoms with Crippen molar-refractivity contribution in [1.82, 2.24) is 39.9 Å². The van der Waals surface area contributed by atoms with Crippen molar-refractivity contribution in [3.63, 3.8) is 0 Å². The minimum absolute atomic E-state index is 0.00655. The molecule has 0 saturated heterocycles. The van der Waals surface area contributed by atoms with Crippen LogP contribution in [0.15, 0.2) is 78.4 Å². The minimum atomic E-state index is -0.244. The van der Waals surface area contributed by atoms with Crippen LogP contribution in [0.2, 0.25) is 0 Å². The molecule has 0 unspecified atom stereocenters. The van der Waals surface area contributed by atoms with E-state index in [0.29, 0.717) is 45.9 Å². The number of hydrogen-bond donors (Lipinski definition) is 2. The molecule has 0 atom stereocenters. The number of benzene rings is 3. The average Bonchev–Trinajstić information content (AvgIpc) is 3.85. The van der Waals surface area contributed by atoms with Gasteiger partial charge >= 0.3 is 311 Å². The van der Waals surface area contributed by atoms with Crippen LogP contribution in [0.4, 0.5) is 0 Å². The first kappa shape index (κ1) is 37.9. The van der Waals surface area contributed by atoms with Crippen LogP contribution in [0.3, 0.4) is 0 Å². The normalized spacial score (nSPS) is 13.8. The molecule has 8 rings (SSSR count). The molecule has 3 aromatic carbocycles. The van der Waals surface area contributed by atoms with E-state index in [1.165, 1.54) is 15.3 Å². The zero-order valence-corrected chi connectivity index (χ0v) is 37.8. The molecule has 0 amide bonds. The molecule has 0 aliphatic carbocycles. The van der Waals surface area contributed by atoms with Crippen molar-refractivity contribution in [2.24, 2.45) is 16.2 Å². The zero-order valence-electron chi connectivity index (χ0n) is 34.8. The van der Waals surface area contributed by atoms with Crippen LogP contribution in [0.1, 0.15) is 94.2 Å². The molecular formula is C47H50N8Zn. The van der Waals surface area contributed by atoms with E-state index in [0.717, 1.165) is 62.0 Å². The Bertz CT molecular complexity index is 2810. The van der Waals surface area contributed by atoms with Crippen LogP contribution in [-0.4, -0.2) is 44.0 Å². The quantitative estimate of drug-likeness (QED) is 0.169. The van der Waals surface area contributed by atoms with Gasteiger partial charge in [-0.05, 0) is 0 Å². The summed E-state index contributed by atoms with van der Waals surface area (Å²) in [6, 6.07) is 25.0. The van der Waals surface area contributed by atoms with Crippen LogP contribution in [0, 0.1) is 16.2 Å². The molecule has 56 heavy (non-hydrogen) atoms. The van der Waals surface area contributed by atoms with Crippen LogP contribution in [-0.2, 0) is 23.3 Å². The summed E-state index contributed by atoms with van der Waals surface area (Å²) < 4.78 is 1.47. The van der Waals surface area contributed by atoms with E-state index in [2.05, 4.69) is 142 Å². The molecule has 0 radical (unpaired) electrons. The Morgan fingerprint density at radius 3 is 1.57 bits per heavy atom. The topological polar surface area (TPSA) is 109 Å². The molecule has 2 N–H and O–H groups in total. The molecule has 9 heteroatoms. The van der Waals surface area contributed by atoms with Gasteiger partial charge in [-0.3, -0.25) is 0 Å². The van der Waals surface area contributed by atoms with Gasteiger partial charge in [-0.1, -0.05) is 24.3 Å². The molecule has 3 aromatic heterocycles. The monoisotopic (exact) mass is 790 g/mol. The number of nitrogens with zero attached hydrogens (tertiary/aromatic N) is 6. The molecule has 280 valence electrons. The third kappa shape index (κ3) is 6.58. The van der Waals surface area contributed by atoms with Gasteiger partial charge in [0.2, 0.25) is 0 Å². The summed E-state index contributed by atoms with van der Waals surface area (Å²) in [5.41, 5.74) is 10.8. The van der Waals surface area contributed by atoms with E-state index in [4.69, 9.17) is 29.9 Å². The Labute approximate surface area is 339 Å². The molecule has 5 heterocycles. The molecule has 8 bridgehead atoms. The van der Waals surface area contributed by atoms with Gasteiger partial charge in [0.1, 0.15) is 0 Å². The summed E-state index contributed by atoms with van der Waals surface area (Å²) in [5, 5.41) is 1.91. The maximum absolute atomic E-state index is 5.55. The van der Waals surface area contributed by atoms with E-state index in [1.54, 1.807) is 0 Å². The second kappa shape index (κ2) is 13.0. The number of aromatic nitrogens is 8. The van der Waals surface area contributed by atoms with Crippen LogP contribution >= 0.6 is 0 Å². The summed E-state index contributed by atoms with van der Waals surface area (Å²) in [4.78, 5) is 38.9. The van der Waals surface area contributed by atoms with Crippen molar-refractivity contribution in [3.8, 4) is 45.6 Å². The Morgan fingerprint density at radius 2 is 1.02 bits per heavy atom. The summed E-state index contributed by atoms with van der Waals surface area (Å²) >= 11 is 1.06. The first-order valence-electron chi connectivity index (χ1n) is 19.5. The zero-order chi connectivity index (χ0) is 40.1. The molecule has 0 fully saturated rings. The van der Waals surface area contributed by atoms with Crippen molar-refractivity contribution >= 4 is 43.0 Å². The number of H-pyrrole nitrogens is 2. The Balaban J connectivity index is 1.61. The van der Waals surface area contributed by atoms with E-state index < -0.39 is 0 Å². The van der Waals surface area contributed by atoms with Crippen molar-refractivity contribution in [3.05, 3.63) is 89.5 Å². The summed E-state index contributed by atoms with van der Waals surface area (Å²) in [6.45, 7) is 27.7. The number of allylic oxidation sites excluding steroid dienone is 2. The molecular weight excluding hydrogens is 742 g/mol. The fourth-order valence-electron chi connectivity index (χ4n) is 8.04. The van der Waals surface area contributed by atoms with E-state index >= 15 is 0 Å². The van der Waals surface area contributed by atoms with Crippen LogP contribution in [0.5, 0.6) is 0 Å². The SMILES string of the molecule is CC(C)(C)[C](=[Zn])/C(=C(\c1cc2nc3nc(nc4[nH]c(nc5nc(nc1[nH]2)-c1c-5cccc1C(C)(C)C)c1ccccc41)-c1ccccc1-3)C(C)(C)C)C(C)(C)C. The van der Waals surface area contributed by atoms with Crippen LogP contribution in [0.25, 0.3) is 84.5 Å². The Morgan fingerprint density at radius 1 is 0.500 bits per heavy atom. The number of hydrogen-bond acceptors (Lipinski definition) is 6. The van der Waals surface area contributed by atoms with Gasteiger partial charge in [-0.2, -0.15) is 0 Å². The van der Waals surface area contributed by atoms with Gasteiger partial charge < -0.3 is 0 Å². The van der Waals surface area contributed by atoms with Crippen LogP contribution < -0.4 is 0 Å². The molecule has 6 aromatic rings. The molecule has 8 nitrogen and oxygen atoms in total. The first-order valence-corrected chi connectivity index (χ1v) is 21.0. The Kier molecular flexibility index (Phi) is 8.81. The van der Waals surface area contributed by atoms with Gasteiger partial charge in [0.05, 0.1) is 0 Å². The van der Waals surface area contributed by atoms with Gasteiger partial charge in [0.25, 0.3) is 0 Å². The van der Waals surface area contributed by atoms with E-state index in [9.17, 15) is 0 Å². The van der Waals surface area contributed by atoms with E-state index in [1.807, 2.05) is 24.3 Å². The van der Waals surface area contributed by atoms with Crippen molar-refractivity contribution in [1.29, 1.82) is 0 Å². The van der Waals surface area contributed by atoms with Gasteiger partial charge in [-0.25, -0.2) is 0 Å². The third-order valence-corrected chi connectivity index (χ3v) is 13.7. The fraction of sp³-hybridized carbons (Fsp3) is 0.340. The number of aromatic amines is 2. The molecule has 0 saturated carbocycles. The number of rotatable bonds is 2. The second-order valence-electron chi connectivity index (χ2n) is 19.3. The summed E-state index contributed by atoms with van der Waals surface area (Å²) in [6.07, 6.45) is 0. The van der Waals surface area contributed by atoms with Crippen molar-refractivity contribution in [2.75, 3.05) is 0 Å². The van der Waals surface area contributed by atoms with Crippen molar-refractivity contribution < 1.29 is 17.9 Å².